The van der Waals surface area contributed by atoms with Crippen molar-refractivity contribution in [1.82, 2.24) is 9.97 Å². The van der Waals surface area contributed by atoms with E-state index in [1.807, 2.05) is 66.8 Å². The van der Waals surface area contributed by atoms with Crippen molar-refractivity contribution < 1.29 is 9.52 Å². The number of allylic oxidation sites excluding steroid dienone is 4. The van der Waals surface area contributed by atoms with Gasteiger partial charge in [0, 0.05) is 45.0 Å². The van der Waals surface area contributed by atoms with Gasteiger partial charge in [-0.25, -0.2) is 9.97 Å². The number of furan rings is 1. The van der Waals surface area contributed by atoms with Gasteiger partial charge in [0.15, 0.2) is 5.82 Å². The number of para-hydroxylation sites is 1. The van der Waals surface area contributed by atoms with Crippen LogP contribution in [0.1, 0.15) is 12.0 Å². The number of hydrogen-bond donors (Lipinski definition) is 1. The Morgan fingerprint density at radius 2 is 1.20 bits per heavy atom. The van der Waals surface area contributed by atoms with Crippen LogP contribution in [0.4, 0.5) is 0 Å². The Morgan fingerprint density at radius 3 is 2.02 bits per heavy atom. The Morgan fingerprint density at radius 1 is 0.529 bits per heavy atom. The summed E-state index contributed by atoms with van der Waals surface area (Å²) in [4.78, 5) is 10.1. The van der Waals surface area contributed by atoms with Crippen LogP contribution in [0.2, 0.25) is 0 Å². The standard InChI is InChI=1S/C47H30N2O2/c50-44-28-38(24-25-39(44)33-13-4-1-2-5-14-33)47-48-42(30-43(49-47)37-23-26-41-40-17-8-9-18-45(40)51-46(41)29-37)34-21-19-32(20-22-34)36-16-10-15-35(27-36)31-11-6-3-7-12-31/h1,3-4,6-13,15-30,50H,2H2. The minimum Gasteiger partial charge on any atom is -0.507 e. The maximum Gasteiger partial charge on any atom is 0.160 e. The molecule has 1 aliphatic carbocycles. The molecule has 51 heavy (non-hydrogen) atoms. The van der Waals surface area contributed by atoms with Crippen LogP contribution in [0, 0.1) is 11.8 Å². The minimum absolute atomic E-state index is 0.129. The molecule has 0 saturated heterocycles. The molecule has 9 rings (SSSR count). The van der Waals surface area contributed by atoms with E-state index < -0.39 is 0 Å². The molecular weight excluding hydrogens is 625 g/mol. The van der Waals surface area contributed by atoms with Gasteiger partial charge in [0.05, 0.1) is 11.4 Å². The number of hydrogen-bond acceptors (Lipinski definition) is 4. The number of phenols is 1. The number of nitrogens with zero attached hydrogens (tertiary/aromatic N) is 2. The molecular formula is C47H30N2O2. The number of benzene rings is 6. The molecule has 0 fully saturated rings. The molecule has 4 nitrogen and oxygen atoms in total. The topological polar surface area (TPSA) is 59.2 Å². The highest BCUT2D eigenvalue weighted by Gasteiger charge is 2.16. The van der Waals surface area contributed by atoms with E-state index in [2.05, 4.69) is 103 Å². The third kappa shape index (κ3) is 5.88. The third-order valence-corrected chi connectivity index (χ3v) is 9.27. The Kier molecular flexibility index (Phi) is 7.57. The van der Waals surface area contributed by atoms with E-state index in [0.29, 0.717) is 23.4 Å². The first-order chi connectivity index (χ1) is 25.2. The van der Waals surface area contributed by atoms with E-state index in [1.54, 1.807) is 6.07 Å². The molecule has 0 atom stereocenters. The fourth-order valence-electron chi connectivity index (χ4n) is 6.63. The molecule has 0 radical (unpaired) electrons. The maximum atomic E-state index is 11.2. The summed E-state index contributed by atoms with van der Waals surface area (Å²) < 4.78 is 6.23. The highest BCUT2D eigenvalue weighted by Crippen LogP contribution is 2.36. The van der Waals surface area contributed by atoms with E-state index in [4.69, 9.17) is 14.4 Å². The lowest BCUT2D eigenvalue weighted by Crippen LogP contribution is -1.96. The van der Waals surface area contributed by atoms with Gasteiger partial charge in [-0.15, -0.1) is 0 Å². The first-order valence-electron chi connectivity index (χ1n) is 16.9. The van der Waals surface area contributed by atoms with Gasteiger partial charge in [-0.3, -0.25) is 0 Å². The fourth-order valence-corrected chi connectivity index (χ4v) is 6.63. The predicted octanol–water partition coefficient (Wildman–Crippen LogP) is 11.8. The second-order valence-corrected chi connectivity index (χ2v) is 12.5. The number of fused-ring (bicyclic) bond motifs is 3. The lowest BCUT2D eigenvalue weighted by molar-refractivity contribution is 0.474. The molecule has 6 aromatic carbocycles. The van der Waals surface area contributed by atoms with Gasteiger partial charge in [0.2, 0.25) is 0 Å². The molecule has 8 aromatic rings. The van der Waals surface area contributed by atoms with Crippen molar-refractivity contribution in [2.45, 2.75) is 6.42 Å². The summed E-state index contributed by atoms with van der Waals surface area (Å²) in [6.07, 6.45) is 6.57. The predicted molar refractivity (Wildman–Crippen MR) is 208 cm³/mol. The molecule has 0 bridgehead atoms. The molecule has 4 heteroatoms. The highest BCUT2D eigenvalue weighted by molar-refractivity contribution is 6.05. The molecule has 1 aliphatic rings. The zero-order valence-electron chi connectivity index (χ0n) is 27.5. The number of phenolic OH excluding ortho intramolecular Hbond substituents is 1. The monoisotopic (exact) mass is 654 g/mol. The Labute approximate surface area is 295 Å². The average Bonchev–Trinajstić information content (AvgIpc) is 3.34. The van der Waals surface area contributed by atoms with E-state index in [9.17, 15) is 5.11 Å². The molecule has 2 heterocycles. The summed E-state index contributed by atoms with van der Waals surface area (Å²) in [5, 5.41) is 13.3. The Balaban J connectivity index is 1.13. The molecule has 0 spiro atoms. The van der Waals surface area contributed by atoms with Crippen LogP contribution in [0.15, 0.2) is 168 Å². The first-order valence-corrected chi connectivity index (χ1v) is 16.9. The molecule has 240 valence electrons. The van der Waals surface area contributed by atoms with Crippen molar-refractivity contribution >= 4 is 27.5 Å². The van der Waals surface area contributed by atoms with Gasteiger partial charge in [-0.1, -0.05) is 127 Å². The molecule has 0 amide bonds. The Bertz CT molecular complexity index is 2720. The third-order valence-electron chi connectivity index (χ3n) is 9.27. The van der Waals surface area contributed by atoms with Crippen LogP contribution in [-0.4, -0.2) is 15.1 Å². The van der Waals surface area contributed by atoms with Gasteiger partial charge in [-0.05, 0) is 70.8 Å². The van der Waals surface area contributed by atoms with Crippen molar-refractivity contribution in [3.05, 3.63) is 169 Å². The van der Waals surface area contributed by atoms with E-state index >= 15 is 0 Å². The van der Waals surface area contributed by atoms with Crippen LogP contribution in [-0.2, 0) is 0 Å². The second kappa shape index (κ2) is 12.8. The zero-order valence-corrected chi connectivity index (χ0v) is 27.5. The van der Waals surface area contributed by atoms with Crippen LogP contribution in [0.5, 0.6) is 5.75 Å². The summed E-state index contributed by atoms with van der Waals surface area (Å²) >= 11 is 0. The SMILES string of the molecule is Oc1cc(-c2nc(-c3ccc(-c4cccc(-c5ccccc5)c4)cc3)cc(-c3ccc4c(c3)oc3ccccc34)n2)ccc1C1=CC=CCC#C1. The lowest BCUT2D eigenvalue weighted by atomic mass is 9.97. The lowest BCUT2D eigenvalue weighted by Gasteiger charge is -2.12. The number of rotatable bonds is 6. The van der Waals surface area contributed by atoms with E-state index in [0.717, 1.165) is 61.2 Å². The second-order valence-electron chi connectivity index (χ2n) is 12.5. The molecule has 1 N–H and O–H groups in total. The van der Waals surface area contributed by atoms with Gasteiger partial charge in [-0.2, -0.15) is 0 Å². The van der Waals surface area contributed by atoms with Crippen molar-refractivity contribution in [3.63, 3.8) is 0 Å². The first kappa shape index (κ1) is 30.1. The largest absolute Gasteiger partial charge is 0.507 e. The number of aromatic nitrogens is 2. The van der Waals surface area contributed by atoms with Gasteiger partial charge < -0.3 is 9.52 Å². The molecule has 0 aliphatic heterocycles. The van der Waals surface area contributed by atoms with Crippen LogP contribution >= 0.6 is 0 Å². The van der Waals surface area contributed by atoms with Crippen molar-refractivity contribution in [2.24, 2.45) is 0 Å². The smallest absolute Gasteiger partial charge is 0.160 e. The summed E-state index contributed by atoms with van der Waals surface area (Å²) in [6, 6.07) is 49.4. The summed E-state index contributed by atoms with van der Waals surface area (Å²) in [7, 11) is 0. The summed E-state index contributed by atoms with van der Waals surface area (Å²) in [5.74, 6) is 6.91. The van der Waals surface area contributed by atoms with E-state index in [-0.39, 0.29) is 5.75 Å². The van der Waals surface area contributed by atoms with E-state index in [1.165, 1.54) is 11.1 Å². The van der Waals surface area contributed by atoms with Crippen LogP contribution in [0.25, 0.3) is 83.7 Å². The Hall–Kier alpha value is -6.96. The highest BCUT2D eigenvalue weighted by atomic mass is 16.3. The molecule has 0 saturated carbocycles. The van der Waals surface area contributed by atoms with Gasteiger partial charge in [0.25, 0.3) is 0 Å². The van der Waals surface area contributed by atoms with Crippen molar-refractivity contribution in [2.75, 3.05) is 0 Å². The molecule has 2 aromatic heterocycles. The maximum absolute atomic E-state index is 11.2. The quantitative estimate of drug-likeness (QED) is 0.181. The zero-order chi connectivity index (χ0) is 34.1. The van der Waals surface area contributed by atoms with Crippen LogP contribution in [0.3, 0.4) is 0 Å². The van der Waals surface area contributed by atoms with Crippen LogP contribution < -0.4 is 0 Å². The van der Waals surface area contributed by atoms with Gasteiger partial charge in [0.1, 0.15) is 16.9 Å². The minimum atomic E-state index is 0.129. The fraction of sp³-hybridized carbons (Fsp3) is 0.0213. The van der Waals surface area contributed by atoms with Crippen molar-refractivity contribution in [1.29, 1.82) is 0 Å². The molecule has 0 unspecified atom stereocenters. The van der Waals surface area contributed by atoms with Crippen molar-refractivity contribution in [3.8, 4) is 73.7 Å². The normalized spacial score (nSPS) is 12.4. The number of aromatic hydroxyl groups is 1. The average molecular weight is 655 g/mol. The van der Waals surface area contributed by atoms with Gasteiger partial charge >= 0.3 is 0 Å². The summed E-state index contributed by atoms with van der Waals surface area (Å²) in [6.45, 7) is 0. The summed E-state index contributed by atoms with van der Waals surface area (Å²) in [5.41, 5.74) is 11.8.